The zero-order valence-electron chi connectivity index (χ0n) is 16.3. The Morgan fingerprint density at radius 3 is 2.41 bits per heavy atom. The van der Waals surface area contributed by atoms with Crippen molar-refractivity contribution in [2.24, 2.45) is 5.73 Å². The number of benzene rings is 2. The van der Waals surface area contributed by atoms with E-state index >= 15 is 0 Å². The van der Waals surface area contributed by atoms with E-state index in [4.69, 9.17) is 15.2 Å². The molecule has 8 nitrogen and oxygen atoms in total. The number of hydrogen-bond donors (Lipinski definition) is 2. The lowest BCUT2D eigenvalue weighted by Crippen LogP contribution is -2.14. The molecular weight excluding hydrogens is 390 g/mol. The third-order valence-electron chi connectivity index (χ3n) is 3.99. The van der Waals surface area contributed by atoms with Crippen molar-refractivity contribution in [2.45, 2.75) is 18.6 Å². The molecular formula is C20H23N5O3S. The number of primary amides is 1. The van der Waals surface area contributed by atoms with Gasteiger partial charge >= 0.3 is 0 Å². The fraction of sp³-hybridized carbons (Fsp3) is 0.250. The molecule has 0 saturated carbocycles. The molecule has 0 radical (unpaired) electrons. The van der Waals surface area contributed by atoms with Crippen LogP contribution in [0.25, 0.3) is 5.69 Å². The van der Waals surface area contributed by atoms with Crippen LogP contribution in [0.2, 0.25) is 0 Å². The van der Waals surface area contributed by atoms with E-state index < -0.39 is 5.91 Å². The van der Waals surface area contributed by atoms with Crippen molar-refractivity contribution >= 4 is 23.4 Å². The number of nitrogens with zero attached hydrogens (tertiary/aromatic N) is 3. The Labute approximate surface area is 173 Å². The van der Waals surface area contributed by atoms with Gasteiger partial charge < -0.3 is 20.5 Å². The maximum absolute atomic E-state index is 11.2. The molecule has 0 fully saturated rings. The summed E-state index contributed by atoms with van der Waals surface area (Å²) in [5.74, 6) is 2.00. The zero-order chi connectivity index (χ0) is 20.6. The van der Waals surface area contributed by atoms with E-state index in [2.05, 4.69) is 15.5 Å². The van der Waals surface area contributed by atoms with Crippen LogP contribution in [0.15, 0.2) is 53.7 Å². The van der Waals surface area contributed by atoms with Gasteiger partial charge in [0.05, 0.1) is 26.0 Å². The molecule has 3 N–H and O–H groups in total. The Bertz CT molecular complexity index is 942. The lowest BCUT2D eigenvalue weighted by atomic mass is 10.3. The summed E-state index contributed by atoms with van der Waals surface area (Å²) < 4.78 is 12.6. The molecule has 9 heteroatoms. The highest BCUT2D eigenvalue weighted by atomic mass is 32.2. The van der Waals surface area contributed by atoms with E-state index in [1.807, 2.05) is 60.0 Å². The molecule has 0 aliphatic carbocycles. The monoisotopic (exact) mass is 413 g/mol. The molecule has 0 spiro atoms. The van der Waals surface area contributed by atoms with Crippen molar-refractivity contribution in [2.75, 3.05) is 24.8 Å². The van der Waals surface area contributed by atoms with Gasteiger partial charge in [0.2, 0.25) is 5.91 Å². The minimum Gasteiger partial charge on any atom is -0.497 e. The molecule has 0 aliphatic rings. The van der Waals surface area contributed by atoms with Gasteiger partial charge in [-0.25, -0.2) is 0 Å². The number of carbonyl (C=O) groups excluding carboxylic acids is 1. The van der Waals surface area contributed by atoms with Gasteiger partial charge in [0.25, 0.3) is 0 Å². The molecule has 0 saturated heterocycles. The topological polar surface area (TPSA) is 104 Å². The van der Waals surface area contributed by atoms with Crippen LogP contribution in [0.3, 0.4) is 0 Å². The van der Waals surface area contributed by atoms with Gasteiger partial charge in [-0.3, -0.25) is 9.36 Å². The molecule has 1 heterocycles. The van der Waals surface area contributed by atoms with Crippen molar-refractivity contribution < 1.29 is 14.3 Å². The average Bonchev–Trinajstić information content (AvgIpc) is 3.15. The van der Waals surface area contributed by atoms with Crippen LogP contribution in [0.1, 0.15) is 12.7 Å². The number of ether oxygens (including phenoxy) is 2. The maximum atomic E-state index is 11.2. The lowest BCUT2D eigenvalue weighted by molar-refractivity contribution is -0.115. The zero-order valence-corrected chi connectivity index (χ0v) is 17.1. The third-order valence-corrected chi connectivity index (χ3v) is 4.94. The second-order valence-corrected chi connectivity index (χ2v) is 6.94. The van der Waals surface area contributed by atoms with Crippen molar-refractivity contribution in [1.82, 2.24) is 14.8 Å². The molecule has 2 aromatic carbocycles. The Balaban J connectivity index is 1.82. The van der Waals surface area contributed by atoms with E-state index in [0.717, 1.165) is 22.9 Å². The summed E-state index contributed by atoms with van der Waals surface area (Å²) in [4.78, 5) is 11.2. The van der Waals surface area contributed by atoms with Crippen LogP contribution in [0.5, 0.6) is 11.5 Å². The molecule has 0 unspecified atom stereocenters. The minimum absolute atomic E-state index is 0.126. The predicted octanol–water partition coefficient (Wildman–Crippen LogP) is 2.86. The first-order valence-corrected chi connectivity index (χ1v) is 10.1. The van der Waals surface area contributed by atoms with Gasteiger partial charge in [-0.15, -0.1) is 10.2 Å². The number of aromatic nitrogens is 3. The maximum Gasteiger partial charge on any atom is 0.227 e. The van der Waals surface area contributed by atoms with Crippen molar-refractivity contribution in [3.05, 3.63) is 54.4 Å². The van der Waals surface area contributed by atoms with Gasteiger partial charge in [0, 0.05) is 11.4 Å². The number of hydrogen-bond acceptors (Lipinski definition) is 7. The van der Waals surface area contributed by atoms with Crippen LogP contribution >= 0.6 is 11.8 Å². The van der Waals surface area contributed by atoms with Crippen LogP contribution in [0.4, 0.5) is 5.69 Å². The fourth-order valence-corrected chi connectivity index (χ4v) is 3.36. The highest BCUT2D eigenvalue weighted by Crippen LogP contribution is 2.24. The Kier molecular flexibility index (Phi) is 6.96. The summed E-state index contributed by atoms with van der Waals surface area (Å²) >= 11 is 1.25. The van der Waals surface area contributed by atoms with Crippen molar-refractivity contribution in [3.63, 3.8) is 0 Å². The van der Waals surface area contributed by atoms with Crippen LogP contribution in [-0.4, -0.2) is 40.1 Å². The first-order chi connectivity index (χ1) is 14.1. The van der Waals surface area contributed by atoms with Crippen molar-refractivity contribution in [1.29, 1.82) is 0 Å². The number of rotatable bonds is 10. The van der Waals surface area contributed by atoms with E-state index in [1.54, 1.807) is 7.11 Å². The fourth-order valence-electron chi connectivity index (χ4n) is 2.65. The second kappa shape index (κ2) is 9.83. The van der Waals surface area contributed by atoms with Gasteiger partial charge in [0.1, 0.15) is 11.5 Å². The van der Waals surface area contributed by atoms with Crippen LogP contribution in [-0.2, 0) is 11.3 Å². The summed E-state index contributed by atoms with van der Waals surface area (Å²) in [5.41, 5.74) is 7.09. The number of thioether (sulfide) groups is 1. The van der Waals surface area contributed by atoms with E-state index in [0.29, 0.717) is 24.1 Å². The number of nitrogens with one attached hydrogen (secondary N) is 1. The normalized spacial score (nSPS) is 10.6. The number of carbonyl (C=O) groups is 1. The predicted molar refractivity (Wildman–Crippen MR) is 113 cm³/mol. The molecule has 3 rings (SSSR count). The van der Waals surface area contributed by atoms with Gasteiger partial charge in [-0.1, -0.05) is 11.8 Å². The summed E-state index contributed by atoms with van der Waals surface area (Å²) in [7, 11) is 1.62. The number of nitrogens with two attached hydrogens (primary N) is 1. The summed E-state index contributed by atoms with van der Waals surface area (Å²) in [6.45, 7) is 3.03. The first kappa shape index (κ1) is 20.5. The standard InChI is InChI=1S/C20H23N5O3S/c1-3-28-17-8-4-14(5-9-17)22-12-19-23-24-20(29-13-18(21)26)25(19)15-6-10-16(27-2)11-7-15/h4-11,22H,3,12-13H2,1-2H3,(H2,21,26). The Morgan fingerprint density at radius 1 is 1.10 bits per heavy atom. The van der Waals surface area contributed by atoms with Gasteiger partial charge in [0.15, 0.2) is 11.0 Å². The van der Waals surface area contributed by atoms with Gasteiger partial charge in [-0.2, -0.15) is 0 Å². The first-order valence-electron chi connectivity index (χ1n) is 9.07. The lowest BCUT2D eigenvalue weighted by Gasteiger charge is -2.12. The molecule has 0 bridgehead atoms. The van der Waals surface area contributed by atoms with Crippen molar-refractivity contribution in [3.8, 4) is 17.2 Å². The summed E-state index contributed by atoms with van der Waals surface area (Å²) in [6, 6.07) is 15.3. The minimum atomic E-state index is -0.409. The van der Waals surface area contributed by atoms with Crippen LogP contribution in [0, 0.1) is 0 Å². The quantitative estimate of drug-likeness (QED) is 0.493. The molecule has 3 aromatic rings. The molecule has 0 atom stereocenters. The number of methoxy groups -OCH3 is 1. The second-order valence-electron chi connectivity index (χ2n) is 6.00. The summed E-state index contributed by atoms with van der Waals surface area (Å²) in [5, 5.41) is 12.5. The largest absolute Gasteiger partial charge is 0.497 e. The average molecular weight is 414 g/mol. The molecule has 1 amide bonds. The van der Waals surface area contributed by atoms with E-state index in [1.165, 1.54) is 11.8 Å². The highest BCUT2D eigenvalue weighted by Gasteiger charge is 2.15. The van der Waals surface area contributed by atoms with E-state index in [-0.39, 0.29) is 5.75 Å². The highest BCUT2D eigenvalue weighted by molar-refractivity contribution is 7.99. The molecule has 0 aliphatic heterocycles. The number of anilines is 1. The van der Waals surface area contributed by atoms with E-state index in [9.17, 15) is 4.79 Å². The number of amides is 1. The smallest absolute Gasteiger partial charge is 0.227 e. The molecule has 29 heavy (non-hydrogen) atoms. The Morgan fingerprint density at radius 2 is 1.79 bits per heavy atom. The molecule has 1 aromatic heterocycles. The third kappa shape index (κ3) is 5.41. The molecule has 152 valence electrons. The van der Waals surface area contributed by atoms with Crippen LogP contribution < -0.4 is 20.5 Å². The SMILES string of the molecule is CCOc1ccc(NCc2nnc(SCC(N)=O)n2-c2ccc(OC)cc2)cc1. The Hall–Kier alpha value is -3.20. The summed E-state index contributed by atoms with van der Waals surface area (Å²) in [6.07, 6.45) is 0. The van der Waals surface area contributed by atoms with Gasteiger partial charge in [-0.05, 0) is 55.5 Å².